The smallest absolute Gasteiger partial charge is 0.342 e. The fourth-order valence-corrected chi connectivity index (χ4v) is 1.47. The molecule has 0 aromatic carbocycles. The van der Waals surface area contributed by atoms with Crippen LogP contribution in [0.25, 0.3) is 0 Å². The summed E-state index contributed by atoms with van der Waals surface area (Å²) in [4.78, 5) is 8.00. The molecule has 6 nitrogen and oxygen atoms in total. The van der Waals surface area contributed by atoms with Gasteiger partial charge in [-0.05, 0) is 12.6 Å². The number of ether oxygens (including phenoxy) is 1. The Labute approximate surface area is 104 Å². The van der Waals surface area contributed by atoms with Gasteiger partial charge in [-0.25, -0.2) is 4.98 Å². The summed E-state index contributed by atoms with van der Waals surface area (Å²) in [5.41, 5.74) is 0.912. The number of aryl methyl sites for hydroxylation is 1. The molecule has 0 fully saturated rings. The van der Waals surface area contributed by atoms with Crippen molar-refractivity contribution in [2.45, 2.75) is 6.54 Å². The molecule has 0 unspecified atom stereocenters. The van der Waals surface area contributed by atoms with E-state index in [-0.39, 0.29) is 6.01 Å². The molecule has 0 radical (unpaired) electrons. The summed E-state index contributed by atoms with van der Waals surface area (Å²) in [7, 11) is 3.61. The first-order valence-corrected chi connectivity index (χ1v) is 5.39. The molecular weight excluding hydrogens is 242 g/mol. The van der Waals surface area contributed by atoms with Crippen molar-refractivity contribution in [2.24, 2.45) is 7.05 Å². The molecule has 2 heterocycles. The molecule has 0 aliphatic heterocycles. The summed E-state index contributed by atoms with van der Waals surface area (Å²) in [6.45, 7) is 0.646. The monoisotopic (exact) mass is 253 g/mol. The number of halogens is 1. The van der Waals surface area contributed by atoms with Crippen LogP contribution in [-0.2, 0) is 13.6 Å². The molecule has 0 saturated heterocycles. The van der Waals surface area contributed by atoms with Crippen LogP contribution in [0.1, 0.15) is 5.56 Å². The van der Waals surface area contributed by atoms with Crippen LogP contribution in [0.15, 0.2) is 18.6 Å². The minimum Gasteiger partial charge on any atom is -0.404 e. The Hall–Kier alpha value is -1.66. The fraction of sp³-hybridized carbons (Fsp3) is 0.300. The maximum absolute atomic E-state index is 5.99. The average molecular weight is 254 g/mol. The van der Waals surface area contributed by atoms with Crippen LogP contribution in [-0.4, -0.2) is 26.8 Å². The number of nitrogens with one attached hydrogen (secondary N) is 1. The number of pyridine rings is 1. The van der Waals surface area contributed by atoms with Gasteiger partial charge in [0.05, 0.1) is 5.02 Å². The van der Waals surface area contributed by atoms with Gasteiger partial charge in [0, 0.05) is 25.9 Å². The maximum Gasteiger partial charge on any atom is 0.342 e. The molecule has 2 aromatic heterocycles. The van der Waals surface area contributed by atoms with E-state index in [4.69, 9.17) is 16.3 Å². The van der Waals surface area contributed by atoms with E-state index in [9.17, 15) is 0 Å². The van der Waals surface area contributed by atoms with Gasteiger partial charge >= 0.3 is 6.01 Å². The van der Waals surface area contributed by atoms with Gasteiger partial charge in [0.15, 0.2) is 0 Å². The highest BCUT2D eigenvalue weighted by Gasteiger charge is 2.07. The summed E-state index contributed by atoms with van der Waals surface area (Å²) in [6.07, 6.45) is 3.10. The van der Waals surface area contributed by atoms with Crippen molar-refractivity contribution >= 4 is 11.6 Å². The van der Waals surface area contributed by atoms with Crippen LogP contribution in [0.3, 0.4) is 0 Å². The fourth-order valence-electron chi connectivity index (χ4n) is 1.30. The topological polar surface area (TPSA) is 64.9 Å². The molecule has 7 heteroatoms. The highest BCUT2D eigenvalue weighted by molar-refractivity contribution is 6.31. The summed E-state index contributed by atoms with van der Waals surface area (Å²) >= 11 is 5.99. The summed E-state index contributed by atoms with van der Waals surface area (Å²) in [6, 6.07) is 2.02. The van der Waals surface area contributed by atoms with E-state index < -0.39 is 0 Å². The Bertz CT molecular complexity index is 513. The van der Waals surface area contributed by atoms with Gasteiger partial charge in [0.25, 0.3) is 0 Å². The van der Waals surface area contributed by atoms with Gasteiger partial charge in [0.1, 0.15) is 6.33 Å². The van der Waals surface area contributed by atoms with Gasteiger partial charge in [-0.1, -0.05) is 11.6 Å². The number of hydrogen-bond donors (Lipinski definition) is 1. The molecule has 2 aromatic rings. The quantitative estimate of drug-likeness (QED) is 0.892. The average Bonchev–Trinajstić information content (AvgIpc) is 2.69. The van der Waals surface area contributed by atoms with E-state index in [0.717, 1.165) is 5.56 Å². The minimum absolute atomic E-state index is 0.262. The second kappa shape index (κ2) is 5.11. The number of hydrogen-bond acceptors (Lipinski definition) is 5. The molecule has 17 heavy (non-hydrogen) atoms. The van der Waals surface area contributed by atoms with Crippen molar-refractivity contribution < 1.29 is 4.74 Å². The number of nitrogens with zero attached hydrogens (tertiary/aromatic N) is 4. The maximum atomic E-state index is 5.99. The lowest BCUT2D eigenvalue weighted by molar-refractivity contribution is 0.422. The Morgan fingerprint density at radius 2 is 2.29 bits per heavy atom. The molecule has 90 valence electrons. The first-order chi connectivity index (χ1) is 8.19. The molecule has 0 spiro atoms. The molecule has 0 aliphatic rings. The lowest BCUT2D eigenvalue weighted by Gasteiger charge is -2.05. The molecule has 2 rings (SSSR count). The van der Waals surface area contributed by atoms with Crippen molar-refractivity contribution in [3.63, 3.8) is 0 Å². The van der Waals surface area contributed by atoms with E-state index in [1.54, 1.807) is 30.3 Å². The van der Waals surface area contributed by atoms with Gasteiger partial charge in [-0.15, -0.1) is 5.10 Å². The highest BCUT2D eigenvalue weighted by Crippen LogP contribution is 2.21. The summed E-state index contributed by atoms with van der Waals surface area (Å²) < 4.78 is 6.96. The number of rotatable bonds is 4. The molecule has 0 amide bonds. The summed E-state index contributed by atoms with van der Waals surface area (Å²) in [5, 5.41) is 7.61. The summed E-state index contributed by atoms with van der Waals surface area (Å²) in [5.74, 6) is 0.422. The Balaban J connectivity index is 2.18. The van der Waals surface area contributed by atoms with Crippen LogP contribution in [0.2, 0.25) is 5.02 Å². The van der Waals surface area contributed by atoms with Crippen molar-refractivity contribution in [1.29, 1.82) is 0 Å². The van der Waals surface area contributed by atoms with Gasteiger partial charge < -0.3 is 10.1 Å². The SMILES string of the molecule is CNCc1cc(Oc2ncn(C)n2)ncc1Cl. The van der Waals surface area contributed by atoms with Crippen molar-refractivity contribution in [3.8, 4) is 11.9 Å². The zero-order valence-electron chi connectivity index (χ0n) is 9.51. The molecular formula is C10H12ClN5O. The zero-order valence-corrected chi connectivity index (χ0v) is 10.3. The third kappa shape index (κ3) is 2.92. The largest absolute Gasteiger partial charge is 0.404 e. The van der Waals surface area contributed by atoms with Crippen molar-refractivity contribution in [1.82, 2.24) is 25.1 Å². The Morgan fingerprint density at radius 1 is 1.47 bits per heavy atom. The standard InChI is InChI=1S/C10H12ClN5O/c1-12-4-7-3-9(13-5-8(7)11)17-10-14-6-16(2)15-10/h3,5-6,12H,4H2,1-2H3. The van der Waals surface area contributed by atoms with Crippen molar-refractivity contribution in [2.75, 3.05) is 7.05 Å². The predicted molar refractivity (Wildman–Crippen MR) is 63.1 cm³/mol. The molecule has 0 atom stereocenters. The van der Waals surface area contributed by atoms with Crippen LogP contribution < -0.4 is 10.1 Å². The van der Waals surface area contributed by atoms with E-state index in [1.165, 1.54) is 0 Å². The zero-order chi connectivity index (χ0) is 12.3. The first kappa shape index (κ1) is 11.8. The molecule has 1 N–H and O–H groups in total. The normalized spacial score (nSPS) is 10.5. The van der Waals surface area contributed by atoms with E-state index in [0.29, 0.717) is 17.4 Å². The predicted octanol–water partition coefficient (Wildman–Crippen LogP) is 1.38. The van der Waals surface area contributed by atoms with Crippen molar-refractivity contribution in [3.05, 3.63) is 29.2 Å². The Kier molecular flexibility index (Phi) is 3.55. The van der Waals surface area contributed by atoms with Gasteiger partial charge in [0.2, 0.25) is 5.88 Å². The van der Waals surface area contributed by atoms with Crippen LogP contribution in [0.4, 0.5) is 0 Å². The van der Waals surface area contributed by atoms with Gasteiger partial charge in [-0.2, -0.15) is 4.98 Å². The third-order valence-electron chi connectivity index (χ3n) is 2.05. The second-order valence-electron chi connectivity index (χ2n) is 3.45. The molecule has 0 aliphatic carbocycles. The van der Waals surface area contributed by atoms with Crippen LogP contribution in [0, 0.1) is 0 Å². The van der Waals surface area contributed by atoms with Crippen LogP contribution >= 0.6 is 11.6 Å². The van der Waals surface area contributed by atoms with Gasteiger partial charge in [-0.3, -0.25) is 4.68 Å². The Morgan fingerprint density at radius 3 is 2.94 bits per heavy atom. The lowest BCUT2D eigenvalue weighted by Crippen LogP contribution is -2.06. The molecule has 0 saturated carbocycles. The third-order valence-corrected chi connectivity index (χ3v) is 2.39. The highest BCUT2D eigenvalue weighted by atomic mass is 35.5. The van der Waals surface area contributed by atoms with E-state index in [2.05, 4.69) is 20.4 Å². The van der Waals surface area contributed by atoms with E-state index in [1.807, 2.05) is 7.05 Å². The first-order valence-electron chi connectivity index (χ1n) is 5.01. The molecule has 0 bridgehead atoms. The minimum atomic E-state index is 0.262. The van der Waals surface area contributed by atoms with Crippen LogP contribution in [0.5, 0.6) is 11.9 Å². The number of aromatic nitrogens is 4. The lowest BCUT2D eigenvalue weighted by atomic mass is 10.2. The van der Waals surface area contributed by atoms with E-state index >= 15 is 0 Å². The second-order valence-corrected chi connectivity index (χ2v) is 3.85.